The lowest BCUT2D eigenvalue weighted by Gasteiger charge is -2.05. The Bertz CT molecular complexity index is 785. The Morgan fingerprint density at radius 2 is 1.96 bits per heavy atom. The summed E-state index contributed by atoms with van der Waals surface area (Å²) in [6.45, 7) is 1.79. The minimum atomic E-state index is -0.457. The number of nitro groups is 1. The molecule has 0 aromatic heterocycles. The number of nitro benzene ring substituents is 1. The highest BCUT2D eigenvalue weighted by Gasteiger charge is 2.10. The lowest BCUT2D eigenvalue weighted by Crippen LogP contribution is -2.08. The number of rotatable bonds is 7. The van der Waals surface area contributed by atoms with Crippen LogP contribution in [0.4, 0.5) is 11.4 Å². The highest BCUT2D eigenvalue weighted by molar-refractivity contribution is 6.02. The van der Waals surface area contributed by atoms with E-state index in [1.807, 2.05) is 12.1 Å². The molecule has 0 saturated heterocycles. The zero-order valence-corrected chi connectivity index (χ0v) is 13.9. The Labute approximate surface area is 145 Å². The molecule has 0 bridgehead atoms. The molecule has 2 aromatic carbocycles. The van der Waals surface area contributed by atoms with Crippen molar-refractivity contribution >= 4 is 23.4 Å². The van der Waals surface area contributed by atoms with Crippen LogP contribution in [0.1, 0.15) is 11.1 Å². The number of anilines is 1. The first-order chi connectivity index (χ1) is 12.0. The van der Waals surface area contributed by atoms with Gasteiger partial charge in [-0.1, -0.05) is 12.1 Å². The Balaban J connectivity index is 1.96. The summed E-state index contributed by atoms with van der Waals surface area (Å²) in [6.07, 6.45) is 3.05. The van der Waals surface area contributed by atoms with Gasteiger partial charge in [0, 0.05) is 30.5 Å². The van der Waals surface area contributed by atoms with Gasteiger partial charge in [-0.05, 0) is 42.8 Å². The second kappa shape index (κ2) is 8.60. The number of benzene rings is 2. The first kappa shape index (κ1) is 18.2. The van der Waals surface area contributed by atoms with Crippen LogP contribution in [0.3, 0.4) is 0 Å². The van der Waals surface area contributed by atoms with Gasteiger partial charge in [-0.3, -0.25) is 14.9 Å². The fourth-order valence-corrected chi connectivity index (χ4v) is 2.10. The van der Waals surface area contributed by atoms with Crippen molar-refractivity contribution in [3.05, 3.63) is 69.8 Å². The van der Waals surface area contributed by atoms with Crippen LogP contribution in [0.15, 0.2) is 48.5 Å². The average Bonchev–Trinajstić information content (AvgIpc) is 2.59. The molecule has 0 fully saturated rings. The van der Waals surface area contributed by atoms with E-state index < -0.39 is 4.92 Å². The molecule has 0 heterocycles. The van der Waals surface area contributed by atoms with Crippen molar-refractivity contribution in [3.63, 3.8) is 0 Å². The number of carbonyl (C=O) groups is 1. The summed E-state index contributed by atoms with van der Waals surface area (Å²) in [5.41, 5.74) is 1.84. The zero-order valence-electron chi connectivity index (χ0n) is 13.9. The normalized spacial score (nSPS) is 10.6. The Hall–Kier alpha value is -3.19. The average molecular weight is 342 g/mol. The van der Waals surface area contributed by atoms with E-state index in [4.69, 9.17) is 9.47 Å². The van der Waals surface area contributed by atoms with Crippen LogP contribution < -0.4 is 10.1 Å². The molecule has 0 atom stereocenters. The summed E-state index contributed by atoms with van der Waals surface area (Å²) < 4.78 is 10.1. The van der Waals surface area contributed by atoms with Gasteiger partial charge in [0.1, 0.15) is 5.75 Å². The van der Waals surface area contributed by atoms with Crippen molar-refractivity contribution in [2.45, 2.75) is 6.92 Å². The van der Waals surface area contributed by atoms with E-state index in [9.17, 15) is 14.9 Å². The van der Waals surface area contributed by atoms with Crippen LogP contribution in [0.5, 0.6) is 5.75 Å². The Kier molecular flexibility index (Phi) is 6.25. The number of nitrogens with one attached hydrogen (secondary N) is 1. The molecular formula is C18H18N2O5. The third-order valence-corrected chi connectivity index (χ3v) is 3.31. The van der Waals surface area contributed by atoms with Crippen LogP contribution in [-0.2, 0) is 9.53 Å². The minimum Gasteiger partial charge on any atom is -0.468 e. The first-order valence-electron chi connectivity index (χ1n) is 7.45. The van der Waals surface area contributed by atoms with Gasteiger partial charge in [-0.2, -0.15) is 0 Å². The molecule has 7 nitrogen and oxygen atoms in total. The molecule has 0 aliphatic rings. The molecular weight excluding hydrogens is 324 g/mol. The maximum atomic E-state index is 12.0. The predicted molar refractivity (Wildman–Crippen MR) is 94.4 cm³/mol. The minimum absolute atomic E-state index is 0.0179. The highest BCUT2D eigenvalue weighted by Crippen LogP contribution is 2.21. The summed E-state index contributed by atoms with van der Waals surface area (Å²) in [5, 5.41) is 13.5. The summed E-state index contributed by atoms with van der Waals surface area (Å²) in [7, 11) is 1.54. The maximum Gasteiger partial charge on any atom is 0.272 e. The quantitative estimate of drug-likeness (QED) is 0.360. The lowest BCUT2D eigenvalue weighted by molar-refractivity contribution is -0.385. The predicted octanol–water partition coefficient (Wildman–Crippen LogP) is 3.54. The van der Waals surface area contributed by atoms with Gasteiger partial charge in [-0.15, -0.1) is 0 Å². The van der Waals surface area contributed by atoms with Gasteiger partial charge in [0.15, 0.2) is 6.79 Å². The highest BCUT2D eigenvalue weighted by atomic mass is 16.7. The molecule has 1 amide bonds. The van der Waals surface area contributed by atoms with Crippen molar-refractivity contribution in [1.29, 1.82) is 0 Å². The molecule has 2 rings (SSSR count). The van der Waals surface area contributed by atoms with Crippen molar-refractivity contribution < 1.29 is 19.2 Å². The van der Waals surface area contributed by atoms with Crippen LogP contribution in [0, 0.1) is 17.0 Å². The number of carbonyl (C=O) groups excluding carboxylic acids is 1. The van der Waals surface area contributed by atoms with Crippen LogP contribution in [-0.4, -0.2) is 24.7 Å². The van der Waals surface area contributed by atoms with Gasteiger partial charge in [0.2, 0.25) is 5.91 Å². The number of ether oxygens (including phenoxy) is 2. The van der Waals surface area contributed by atoms with Gasteiger partial charge in [-0.25, -0.2) is 0 Å². The fraction of sp³-hybridized carbons (Fsp3) is 0.167. The van der Waals surface area contributed by atoms with Crippen LogP contribution in [0.25, 0.3) is 6.08 Å². The summed E-state index contributed by atoms with van der Waals surface area (Å²) in [6, 6.07) is 11.6. The standard InChI is InChI=1S/C18H18N2O5/c1-13-11-15(6-9-17(13)20(22)23)19-18(21)10-5-14-3-7-16(8-4-14)25-12-24-2/h3-11H,12H2,1-2H3,(H,19,21)/b10-5+. The van der Waals surface area contributed by atoms with Crippen molar-refractivity contribution in [3.8, 4) is 5.75 Å². The van der Waals surface area contributed by atoms with E-state index in [0.717, 1.165) is 5.56 Å². The van der Waals surface area contributed by atoms with E-state index in [1.54, 1.807) is 38.3 Å². The second-order valence-electron chi connectivity index (χ2n) is 5.20. The molecule has 2 aromatic rings. The molecule has 0 aliphatic heterocycles. The van der Waals surface area contributed by atoms with Gasteiger partial charge >= 0.3 is 0 Å². The van der Waals surface area contributed by atoms with E-state index in [0.29, 0.717) is 17.0 Å². The van der Waals surface area contributed by atoms with E-state index >= 15 is 0 Å². The molecule has 0 spiro atoms. The monoisotopic (exact) mass is 342 g/mol. The van der Waals surface area contributed by atoms with E-state index in [1.165, 1.54) is 18.2 Å². The number of hydrogen-bond donors (Lipinski definition) is 1. The van der Waals surface area contributed by atoms with Gasteiger partial charge < -0.3 is 14.8 Å². The van der Waals surface area contributed by atoms with E-state index in [2.05, 4.69) is 5.32 Å². The number of methoxy groups -OCH3 is 1. The molecule has 0 unspecified atom stereocenters. The molecule has 25 heavy (non-hydrogen) atoms. The molecule has 0 saturated carbocycles. The second-order valence-corrected chi connectivity index (χ2v) is 5.20. The number of hydrogen-bond acceptors (Lipinski definition) is 5. The topological polar surface area (TPSA) is 90.7 Å². The molecule has 0 radical (unpaired) electrons. The fourth-order valence-electron chi connectivity index (χ4n) is 2.10. The van der Waals surface area contributed by atoms with Crippen LogP contribution >= 0.6 is 0 Å². The smallest absolute Gasteiger partial charge is 0.272 e. The molecule has 0 aliphatic carbocycles. The van der Waals surface area contributed by atoms with Crippen molar-refractivity contribution in [2.24, 2.45) is 0 Å². The molecule has 7 heteroatoms. The summed E-state index contributed by atoms with van der Waals surface area (Å²) in [4.78, 5) is 22.3. The van der Waals surface area contributed by atoms with Crippen LogP contribution in [0.2, 0.25) is 0 Å². The molecule has 1 N–H and O–H groups in total. The number of nitrogens with zero attached hydrogens (tertiary/aromatic N) is 1. The van der Waals surface area contributed by atoms with E-state index in [-0.39, 0.29) is 18.4 Å². The third-order valence-electron chi connectivity index (χ3n) is 3.31. The SMILES string of the molecule is COCOc1ccc(/C=C/C(=O)Nc2ccc([N+](=O)[O-])c(C)c2)cc1. The summed E-state index contributed by atoms with van der Waals surface area (Å²) >= 11 is 0. The van der Waals surface area contributed by atoms with Crippen molar-refractivity contribution in [2.75, 3.05) is 19.2 Å². The lowest BCUT2D eigenvalue weighted by atomic mass is 10.1. The zero-order chi connectivity index (χ0) is 18.2. The van der Waals surface area contributed by atoms with Gasteiger partial charge in [0.25, 0.3) is 5.69 Å². The maximum absolute atomic E-state index is 12.0. The third kappa shape index (κ3) is 5.43. The number of amides is 1. The molecule has 130 valence electrons. The van der Waals surface area contributed by atoms with Gasteiger partial charge in [0.05, 0.1) is 4.92 Å². The Morgan fingerprint density at radius 1 is 1.24 bits per heavy atom. The van der Waals surface area contributed by atoms with Crippen molar-refractivity contribution in [1.82, 2.24) is 0 Å². The number of aryl methyl sites for hydroxylation is 1. The largest absolute Gasteiger partial charge is 0.468 e. The Morgan fingerprint density at radius 3 is 2.56 bits per heavy atom. The summed E-state index contributed by atoms with van der Waals surface area (Å²) in [5.74, 6) is 0.345. The first-order valence-corrected chi connectivity index (χ1v) is 7.45.